The molecule has 1 atom stereocenters. The normalized spacial score (nSPS) is 18.0. The van der Waals surface area contributed by atoms with Crippen LogP contribution in [0.4, 0.5) is 8.78 Å². The minimum atomic E-state index is -0.604. The molecule has 0 spiro atoms. The average molecular weight is 373 g/mol. The van der Waals surface area contributed by atoms with Gasteiger partial charge < -0.3 is 4.90 Å². The van der Waals surface area contributed by atoms with Crippen molar-refractivity contribution in [2.45, 2.75) is 45.3 Å². The molecule has 1 aliphatic heterocycles. The van der Waals surface area contributed by atoms with Crippen LogP contribution in [0.2, 0.25) is 0 Å². The third-order valence-electron chi connectivity index (χ3n) is 5.21. The summed E-state index contributed by atoms with van der Waals surface area (Å²) < 4.78 is 27.0. The Morgan fingerprint density at radius 2 is 1.96 bits per heavy atom. The number of halogens is 2. The molecule has 0 aliphatic carbocycles. The summed E-state index contributed by atoms with van der Waals surface area (Å²) in [4.78, 5) is 20.6. The predicted octanol–water partition coefficient (Wildman–Crippen LogP) is 3.76. The zero-order valence-electron chi connectivity index (χ0n) is 15.6. The molecule has 1 aliphatic rings. The zero-order chi connectivity index (χ0) is 19.2. The van der Waals surface area contributed by atoms with Gasteiger partial charge in [-0.1, -0.05) is 13.0 Å². The highest BCUT2D eigenvalue weighted by Gasteiger charge is 2.26. The Morgan fingerprint density at radius 3 is 2.67 bits per heavy atom. The lowest BCUT2D eigenvalue weighted by molar-refractivity contribution is -0.131. The first-order valence-corrected chi connectivity index (χ1v) is 9.41. The van der Waals surface area contributed by atoms with Crippen molar-refractivity contribution in [1.82, 2.24) is 14.8 Å². The monoisotopic (exact) mass is 373 g/mol. The maximum atomic E-state index is 13.9. The molecular weight excluding hydrogens is 348 g/mol. The molecule has 27 heavy (non-hydrogen) atoms. The molecule has 1 amide bonds. The Morgan fingerprint density at radius 1 is 1.19 bits per heavy atom. The van der Waals surface area contributed by atoms with E-state index in [1.165, 1.54) is 17.7 Å². The van der Waals surface area contributed by atoms with Gasteiger partial charge in [0.05, 0.1) is 0 Å². The molecule has 0 bridgehead atoms. The van der Waals surface area contributed by atoms with E-state index in [9.17, 15) is 13.6 Å². The van der Waals surface area contributed by atoms with Crippen LogP contribution in [0.1, 0.15) is 37.3 Å². The molecule has 4 nitrogen and oxygen atoms in total. The smallest absolute Gasteiger partial charge is 0.222 e. The van der Waals surface area contributed by atoms with E-state index >= 15 is 0 Å². The molecule has 6 heteroatoms. The van der Waals surface area contributed by atoms with E-state index < -0.39 is 11.6 Å². The van der Waals surface area contributed by atoms with Crippen molar-refractivity contribution in [2.24, 2.45) is 0 Å². The van der Waals surface area contributed by atoms with Gasteiger partial charge in [0.1, 0.15) is 11.6 Å². The second-order valence-corrected chi connectivity index (χ2v) is 6.95. The summed E-state index contributed by atoms with van der Waals surface area (Å²) in [6.45, 7) is 4.61. The maximum absolute atomic E-state index is 13.9. The number of carbonyl (C=O) groups is 1. The molecule has 1 aromatic carbocycles. The number of carbonyl (C=O) groups excluding carboxylic acids is 1. The number of hydrogen-bond donors (Lipinski definition) is 0. The van der Waals surface area contributed by atoms with Gasteiger partial charge in [0, 0.05) is 56.1 Å². The lowest BCUT2D eigenvalue weighted by Gasteiger charge is -2.30. The molecule has 2 aromatic rings. The van der Waals surface area contributed by atoms with Crippen LogP contribution in [0.5, 0.6) is 0 Å². The van der Waals surface area contributed by atoms with Gasteiger partial charge in [-0.15, -0.1) is 0 Å². The van der Waals surface area contributed by atoms with Crippen LogP contribution >= 0.6 is 0 Å². The minimum absolute atomic E-state index is 0.0289. The fourth-order valence-electron chi connectivity index (χ4n) is 3.63. The Kier molecular flexibility index (Phi) is 6.50. The molecule has 1 unspecified atom stereocenters. The van der Waals surface area contributed by atoms with E-state index in [-0.39, 0.29) is 12.5 Å². The fraction of sp³-hybridized carbons (Fsp3) is 0.429. The number of hydrogen-bond acceptors (Lipinski definition) is 3. The van der Waals surface area contributed by atoms with Crippen molar-refractivity contribution < 1.29 is 13.6 Å². The summed E-state index contributed by atoms with van der Waals surface area (Å²) in [5, 5.41) is 0. The average Bonchev–Trinajstić information content (AvgIpc) is 2.85. The fourth-order valence-corrected chi connectivity index (χ4v) is 3.63. The molecule has 144 valence electrons. The first-order valence-electron chi connectivity index (χ1n) is 9.41. The molecule has 3 rings (SSSR count). The van der Waals surface area contributed by atoms with Gasteiger partial charge in [0.2, 0.25) is 5.91 Å². The zero-order valence-corrected chi connectivity index (χ0v) is 15.6. The molecule has 1 aromatic heterocycles. The van der Waals surface area contributed by atoms with Gasteiger partial charge in [0.15, 0.2) is 0 Å². The summed E-state index contributed by atoms with van der Waals surface area (Å²) in [6, 6.07) is 7.84. The SMILES string of the molecule is CCN(Cc1ccncc1)C1CCC(=O)N(Cc2ccc(F)cc2F)CC1. The van der Waals surface area contributed by atoms with E-state index in [1.54, 1.807) is 17.3 Å². The highest BCUT2D eigenvalue weighted by Crippen LogP contribution is 2.22. The van der Waals surface area contributed by atoms with Crippen molar-refractivity contribution in [2.75, 3.05) is 13.1 Å². The molecule has 0 N–H and O–H groups in total. The minimum Gasteiger partial charge on any atom is -0.338 e. The predicted molar refractivity (Wildman–Crippen MR) is 99.7 cm³/mol. The second-order valence-electron chi connectivity index (χ2n) is 6.95. The number of pyridine rings is 1. The third-order valence-corrected chi connectivity index (χ3v) is 5.21. The number of benzene rings is 1. The standard InChI is InChI=1S/C21H25F2N3O/c1-2-25(14-16-7-10-24-11-8-16)19-5-6-21(27)26(12-9-19)15-17-3-4-18(22)13-20(17)23/h3-4,7-8,10-11,13,19H,2,5-6,9,12,14-15H2,1H3. The quantitative estimate of drug-likeness (QED) is 0.774. The van der Waals surface area contributed by atoms with E-state index in [2.05, 4.69) is 16.8 Å². The van der Waals surface area contributed by atoms with Gasteiger partial charge in [0.25, 0.3) is 0 Å². The number of nitrogens with zero attached hydrogens (tertiary/aromatic N) is 3. The first kappa shape index (κ1) is 19.4. The third kappa shape index (κ3) is 5.10. The Balaban J connectivity index is 1.64. The maximum Gasteiger partial charge on any atom is 0.222 e. The van der Waals surface area contributed by atoms with Gasteiger partial charge in [-0.05, 0) is 43.1 Å². The summed E-state index contributed by atoms with van der Waals surface area (Å²) in [7, 11) is 0. The molecule has 2 heterocycles. The van der Waals surface area contributed by atoms with Crippen LogP contribution in [0, 0.1) is 11.6 Å². The van der Waals surface area contributed by atoms with Crippen molar-refractivity contribution in [1.29, 1.82) is 0 Å². The summed E-state index contributed by atoms with van der Waals surface area (Å²) >= 11 is 0. The summed E-state index contributed by atoms with van der Waals surface area (Å²) in [5.41, 5.74) is 1.56. The van der Waals surface area contributed by atoms with Crippen LogP contribution in [-0.4, -0.2) is 39.8 Å². The van der Waals surface area contributed by atoms with Crippen molar-refractivity contribution in [3.05, 3.63) is 65.5 Å². The van der Waals surface area contributed by atoms with Gasteiger partial charge in [-0.25, -0.2) is 8.78 Å². The van der Waals surface area contributed by atoms with Gasteiger partial charge >= 0.3 is 0 Å². The Hall–Kier alpha value is -2.34. The van der Waals surface area contributed by atoms with Crippen molar-refractivity contribution in [3.63, 3.8) is 0 Å². The number of likely N-dealkylation sites (tertiary alicyclic amines) is 1. The largest absolute Gasteiger partial charge is 0.338 e. The molecule has 1 saturated heterocycles. The number of aromatic nitrogens is 1. The first-order chi connectivity index (χ1) is 13.1. The van der Waals surface area contributed by atoms with Crippen molar-refractivity contribution in [3.8, 4) is 0 Å². The van der Waals surface area contributed by atoms with E-state index in [1.807, 2.05) is 12.1 Å². The van der Waals surface area contributed by atoms with Crippen molar-refractivity contribution >= 4 is 5.91 Å². The van der Waals surface area contributed by atoms with Crippen LogP contribution in [0.25, 0.3) is 0 Å². The lowest BCUT2D eigenvalue weighted by atomic mass is 10.1. The highest BCUT2D eigenvalue weighted by molar-refractivity contribution is 5.76. The molecular formula is C21H25F2N3O. The van der Waals surface area contributed by atoms with Crippen LogP contribution < -0.4 is 0 Å². The van der Waals surface area contributed by atoms with Crippen LogP contribution in [0.3, 0.4) is 0 Å². The summed E-state index contributed by atoms with van der Waals surface area (Å²) in [6.07, 6.45) is 5.66. The van der Waals surface area contributed by atoms with E-state index in [4.69, 9.17) is 0 Å². The molecule has 0 radical (unpaired) electrons. The van der Waals surface area contributed by atoms with Crippen LogP contribution in [0.15, 0.2) is 42.7 Å². The van der Waals surface area contributed by atoms with Gasteiger partial charge in [-0.2, -0.15) is 0 Å². The number of amides is 1. The second kappa shape index (κ2) is 9.04. The van der Waals surface area contributed by atoms with E-state index in [0.29, 0.717) is 24.6 Å². The molecule has 1 fully saturated rings. The summed E-state index contributed by atoms with van der Waals surface area (Å²) in [5.74, 6) is -1.18. The van der Waals surface area contributed by atoms with Gasteiger partial charge in [-0.3, -0.25) is 14.7 Å². The Bertz CT molecular complexity index is 769. The van der Waals surface area contributed by atoms with E-state index in [0.717, 1.165) is 32.0 Å². The number of rotatable bonds is 6. The topological polar surface area (TPSA) is 36.4 Å². The van der Waals surface area contributed by atoms with Crippen LogP contribution in [-0.2, 0) is 17.9 Å². The Labute approximate surface area is 158 Å². The molecule has 0 saturated carbocycles. The lowest BCUT2D eigenvalue weighted by Crippen LogP contribution is -2.35. The highest BCUT2D eigenvalue weighted by atomic mass is 19.1.